The van der Waals surface area contributed by atoms with Crippen molar-refractivity contribution in [2.75, 3.05) is 6.54 Å². The van der Waals surface area contributed by atoms with E-state index in [0.717, 1.165) is 47.7 Å². The van der Waals surface area contributed by atoms with Gasteiger partial charge in [0.1, 0.15) is 11.9 Å². The summed E-state index contributed by atoms with van der Waals surface area (Å²) in [6, 6.07) is 13.9. The van der Waals surface area contributed by atoms with E-state index in [4.69, 9.17) is 0 Å². The molecule has 1 fully saturated rings. The maximum absolute atomic E-state index is 13.5. The maximum Gasteiger partial charge on any atom is 0.242 e. The summed E-state index contributed by atoms with van der Waals surface area (Å²) in [6.07, 6.45) is 7.53. The lowest BCUT2D eigenvalue weighted by molar-refractivity contribution is -0.128. The van der Waals surface area contributed by atoms with Gasteiger partial charge >= 0.3 is 0 Å². The highest BCUT2D eigenvalue weighted by atomic mass is 19.1. The second kappa shape index (κ2) is 9.55. The van der Waals surface area contributed by atoms with Crippen LogP contribution >= 0.6 is 0 Å². The van der Waals surface area contributed by atoms with E-state index in [1.54, 1.807) is 0 Å². The fourth-order valence-electron chi connectivity index (χ4n) is 4.95. The minimum atomic E-state index is -0.666. The molecule has 1 atom stereocenters. The molecule has 5 nitrogen and oxygen atoms in total. The van der Waals surface area contributed by atoms with E-state index in [-0.39, 0.29) is 23.0 Å². The molecule has 0 spiro atoms. The molecule has 1 saturated carbocycles. The molecule has 2 aromatic carbocycles. The van der Waals surface area contributed by atoms with Crippen LogP contribution in [0.15, 0.2) is 54.7 Å². The van der Waals surface area contributed by atoms with Gasteiger partial charge in [0, 0.05) is 42.4 Å². The molecule has 3 N–H and O–H groups in total. The van der Waals surface area contributed by atoms with Crippen molar-refractivity contribution in [3.8, 4) is 0 Å². The Bertz CT molecular complexity index is 1080. The average Bonchev–Trinajstić information content (AvgIpc) is 3.21. The highest BCUT2D eigenvalue weighted by molar-refractivity contribution is 5.89. The topological polar surface area (TPSA) is 74.0 Å². The number of fused-ring (bicyclic) bond motifs is 1. The summed E-state index contributed by atoms with van der Waals surface area (Å²) in [4.78, 5) is 28.3. The van der Waals surface area contributed by atoms with Crippen LogP contribution in [0.3, 0.4) is 0 Å². The van der Waals surface area contributed by atoms with Crippen LogP contribution in [0.25, 0.3) is 10.9 Å². The Kier molecular flexibility index (Phi) is 6.58. The molecule has 2 amide bonds. The van der Waals surface area contributed by atoms with Gasteiger partial charge in [-0.2, -0.15) is 0 Å². The first-order chi connectivity index (χ1) is 15.5. The lowest BCUT2D eigenvalue weighted by Gasteiger charge is -2.38. The standard InChI is InChI=1S/C26H30FN3O2/c1-18(31)30-24(15-19-16-28-23-8-4-3-7-22(19)23)25(32)29-17-26(13-5-2-6-14-26)20-9-11-21(27)12-10-20/h3-4,7-12,16,24,28H,2,5-6,13-15,17H2,1H3,(H,29,32)(H,30,31). The number of amides is 2. The first kappa shape index (κ1) is 22.1. The van der Waals surface area contributed by atoms with Crippen molar-refractivity contribution in [2.24, 2.45) is 0 Å². The van der Waals surface area contributed by atoms with Gasteiger partial charge in [0.15, 0.2) is 0 Å². The number of rotatable bonds is 7. The molecule has 0 bridgehead atoms. The highest BCUT2D eigenvalue weighted by Gasteiger charge is 2.35. The molecular weight excluding hydrogens is 405 g/mol. The van der Waals surface area contributed by atoms with Crippen molar-refractivity contribution in [2.45, 2.75) is 56.9 Å². The number of nitrogens with one attached hydrogen (secondary N) is 3. The number of carbonyl (C=O) groups is 2. The third-order valence-electron chi connectivity index (χ3n) is 6.66. The van der Waals surface area contributed by atoms with Crippen molar-refractivity contribution >= 4 is 22.7 Å². The zero-order valence-electron chi connectivity index (χ0n) is 18.4. The summed E-state index contributed by atoms with van der Waals surface area (Å²) >= 11 is 0. The van der Waals surface area contributed by atoms with Gasteiger partial charge in [-0.3, -0.25) is 9.59 Å². The molecule has 1 aliphatic carbocycles. The fourth-order valence-corrected chi connectivity index (χ4v) is 4.95. The number of aromatic nitrogens is 1. The third kappa shape index (κ3) is 4.85. The van der Waals surface area contributed by atoms with E-state index in [2.05, 4.69) is 15.6 Å². The summed E-state index contributed by atoms with van der Waals surface area (Å²) in [5, 5.41) is 6.98. The van der Waals surface area contributed by atoms with Crippen LogP contribution in [-0.2, 0) is 21.4 Å². The van der Waals surface area contributed by atoms with Crippen LogP contribution in [0.5, 0.6) is 0 Å². The second-order valence-corrected chi connectivity index (χ2v) is 8.88. The first-order valence-corrected chi connectivity index (χ1v) is 11.3. The molecule has 0 aliphatic heterocycles. The smallest absolute Gasteiger partial charge is 0.242 e. The van der Waals surface area contributed by atoms with E-state index >= 15 is 0 Å². The predicted molar refractivity (Wildman–Crippen MR) is 124 cm³/mol. The van der Waals surface area contributed by atoms with Crippen LogP contribution in [0.1, 0.15) is 50.2 Å². The quantitative estimate of drug-likeness (QED) is 0.516. The van der Waals surface area contributed by atoms with Gasteiger partial charge in [-0.05, 0) is 42.2 Å². The number of halogens is 1. The number of benzene rings is 2. The molecule has 3 aromatic rings. The molecule has 4 rings (SSSR count). The monoisotopic (exact) mass is 435 g/mol. The molecular formula is C26H30FN3O2. The van der Waals surface area contributed by atoms with E-state index in [0.29, 0.717) is 13.0 Å². The lowest BCUT2D eigenvalue weighted by Crippen LogP contribution is -2.51. The average molecular weight is 436 g/mol. The number of para-hydroxylation sites is 1. The molecule has 0 radical (unpaired) electrons. The van der Waals surface area contributed by atoms with E-state index < -0.39 is 6.04 Å². The largest absolute Gasteiger partial charge is 0.361 e. The molecule has 6 heteroatoms. The molecule has 1 aromatic heterocycles. The van der Waals surface area contributed by atoms with Gasteiger partial charge in [-0.25, -0.2) is 4.39 Å². The van der Waals surface area contributed by atoms with Gasteiger partial charge < -0.3 is 15.6 Å². The van der Waals surface area contributed by atoms with E-state index in [9.17, 15) is 14.0 Å². The van der Waals surface area contributed by atoms with Crippen molar-refractivity contribution in [1.82, 2.24) is 15.6 Å². The van der Waals surface area contributed by atoms with E-state index in [1.165, 1.54) is 25.5 Å². The van der Waals surface area contributed by atoms with Crippen LogP contribution in [0.2, 0.25) is 0 Å². The maximum atomic E-state index is 13.5. The highest BCUT2D eigenvalue weighted by Crippen LogP contribution is 2.39. The van der Waals surface area contributed by atoms with Crippen molar-refractivity contribution in [3.63, 3.8) is 0 Å². The minimum absolute atomic E-state index is 0.197. The van der Waals surface area contributed by atoms with Gasteiger partial charge in [0.25, 0.3) is 0 Å². The zero-order valence-corrected chi connectivity index (χ0v) is 18.4. The Morgan fingerprint density at radius 2 is 1.78 bits per heavy atom. The predicted octanol–water partition coefficient (Wildman–Crippen LogP) is 4.37. The first-order valence-electron chi connectivity index (χ1n) is 11.3. The summed E-state index contributed by atoms with van der Waals surface area (Å²) in [7, 11) is 0. The summed E-state index contributed by atoms with van der Waals surface area (Å²) in [5.74, 6) is -0.693. The van der Waals surface area contributed by atoms with Crippen LogP contribution in [0.4, 0.5) is 4.39 Å². The Morgan fingerprint density at radius 1 is 1.06 bits per heavy atom. The Hall–Kier alpha value is -3.15. The van der Waals surface area contributed by atoms with Gasteiger partial charge in [-0.1, -0.05) is 49.6 Å². The number of hydrogen-bond donors (Lipinski definition) is 3. The Morgan fingerprint density at radius 3 is 2.50 bits per heavy atom. The molecule has 1 heterocycles. The molecule has 1 aliphatic rings. The minimum Gasteiger partial charge on any atom is -0.361 e. The number of carbonyl (C=O) groups excluding carboxylic acids is 2. The van der Waals surface area contributed by atoms with E-state index in [1.807, 2.05) is 42.6 Å². The van der Waals surface area contributed by atoms with Crippen LogP contribution < -0.4 is 10.6 Å². The van der Waals surface area contributed by atoms with Crippen molar-refractivity contribution < 1.29 is 14.0 Å². The fraction of sp³-hybridized carbons (Fsp3) is 0.385. The Balaban J connectivity index is 1.51. The van der Waals surface area contributed by atoms with Gasteiger partial charge in [0.2, 0.25) is 11.8 Å². The summed E-state index contributed by atoms with van der Waals surface area (Å²) in [5.41, 5.74) is 2.84. The number of aromatic amines is 1. The normalized spacial score (nSPS) is 16.4. The second-order valence-electron chi connectivity index (χ2n) is 8.88. The molecule has 0 saturated heterocycles. The SMILES string of the molecule is CC(=O)NC(Cc1c[nH]c2ccccc12)C(=O)NCC1(c2ccc(F)cc2)CCCCC1. The number of hydrogen-bond acceptors (Lipinski definition) is 2. The van der Waals surface area contributed by atoms with Gasteiger partial charge in [0.05, 0.1) is 0 Å². The van der Waals surface area contributed by atoms with Crippen LogP contribution in [0, 0.1) is 5.82 Å². The van der Waals surface area contributed by atoms with Crippen molar-refractivity contribution in [3.05, 3.63) is 71.7 Å². The molecule has 32 heavy (non-hydrogen) atoms. The zero-order chi connectivity index (χ0) is 22.6. The Labute approximate surface area is 187 Å². The summed E-state index contributed by atoms with van der Waals surface area (Å²) in [6.45, 7) is 1.90. The van der Waals surface area contributed by atoms with Gasteiger partial charge in [-0.15, -0.1) is 0 Å². The summed E-state index contributed by atoms with van der Waals surface area (Å²) < 4.78 is 13.5. The third-order valence-corrected chi connectivity index (χ3v) is 6.66. The molecule has 1 unspecified atom stereocenters. The number of H-pyrrole nitrogens is 1. The lowest BCUT2D eigenvalue weighted by atomic mass is 9.69. The van der Waals surface area contributed by atoms with Crippen LogP contribution in [-0.4, -0.2) is 29.4 Å². The van der Waals surface area contributed by atoms with Crippen molar-refractivity contribution in [1.29, 1.82) is 0 Å². The molecule has 168 valence electrons.